The summed E-state index contributed by atoms with van der Waals surface area (Å²) >= 11 is 0. The fraction of sp³-hybridized carbons (Fsp3) is 1.00. The normalized spacial score (nSPS) is 14.9. The van der Waals surface area contributed by atoms with Crippen LogP contribution in [0, 0.1) is 0 Å². The van der Waals surface area contributed by atoms with Gasteiger partial charge in [0.05, 0.1) is 6.24 Å². The van der Waals surface area contributed by atoms with Crippen molar-refractivity contribution >= 4 is 21.7 Å². The van der Waals surface area contributed by atoms with Crippen LogP contribution in [0.25, 0.3) is 0 Å². The maximum absolute atomic E-state index is 12.7. The second kappa shape index (κ2) is 3.43. The van der Waals surface area contributed by atoms with Crippen LogP contribution in [-0.4, -0.2) is 21.6 Å². The van der Waals surface area contributed by atoms with Crippen molar-refractivity contribution in [2.24, 2.45) is 0 Å². The largest absolute Gasteiger partial charge is 0.334 e. The summed E-state index contributed by atoms with van der Waals surface area (Å²) in [5.41, 5.74) is 0. The Morgan fingerprint density at radius 3 is 1.17 bits per heavy atom. The molecule has 0 radical (unpaired) electrons. The molecule has 0 aromatic heterocycles. The first-order chi connectivity index (χ1) is 5.06. The summed E-state index contributed by atoms with van der Waals surface area (Å²) in [5.74, 6) is 0. The molecule has 0 heterocycles. The van der Waals surface area contributed by atoms with Gasteiger partial charge in [-0.1, -0.05) is 46.2 Å². The Balaban J connectivity index is 5.11. The van der Waals surface area contributed by atoms with Gasteiger partial charge in [-0.2, -0.15) is 0 Å². The van der Waals surface area contributed by atoms with Crippen molar-refractivity contribution in [1.82, 2.24) is 0 Å². The summed E-state index contributed by atoms with van der Waals surface area (Å²) in [6, 6.07) is 0. The summed E-state index contributed by atoms with van der Waals surface area (Å²) in [6.45, 7) is 15.7. The van der Waals surface area contributed by atoms with E-state index in [-0.39, 0.29) is 0 Å². The highest BCUT2D eigenvalue weighted by molar-refractivity contribution is 8.22. The molecule has 74 valence electrons. The average molecular weight is 222 g/mol. The summed E-state index contributed by atoms with van der Waals surface area (Å²) in [5, 5.41) is 0. The molecule has 0 aromatic rings. The monoisotopic (exact) mass is 222 g/mol. The standard InChI is InChI=1S/C8H23OPSi2/c1-8-10(9,11(2,3)4)12(5,6)7/h8H2,1-7H3. The SMILES string of the molecule is CCP(=O)([Si](C)(C)C)[Si](C)(C)C. The van der Waals surface area contributed by atoms with E-state index >= 15 is 0 Å². The predicted molar refractivity (Wildman–Crippen MR) is 64.8 cm³/mol. The van der Waals surface area contributed by atoms with Gasteiger partial charge in [0.15, 0.2) is 0 Å². The smallest absolute Gasteiger partial charge is 0.113 e. The molecule has 1 nitrogen and oxygen atoms in total. The van der Waals surface area contributed by atoms with Crippen LogP contribution in [0.2, 0.25) is 39.3 Å². The molecule has 0 spiro atoms. The van der Waals surface area contributed by atoms with E-state index in [1.165, 1.54) is 0 Å². The topological polar surface area (TPSA) is 17.1 Å². The van der Waals surface area contributed by atoms with Gasteiger partial charge in [0.1, 0.15) is 15.5 Å². The molecule has 0 aliphatic carbocycles. The molecular weight excluding hydrogens is 199 g/mol. The van der Waals surface area contributed by atoms with Gasteiger partial charge in [-0.25, -0.2) is 0 Å². The van der Waals surface area contributed by atoms with Gasteiger partial charge >= 0.3 is 0 Å². The fourth-order valence-corrected chi connectivity index (χ4v) is 35.7. The average Bonchev–Trinajstić information content (AvgIpc) is 1.81. The van der Waals surface area contributed by atoms with E-state index in [0.29, 0.717) is 0 Å². The molecule has 0 aliphatic heterocycles. The Labute approximate surface area is 79.0 Å². The zero-order valence-corrected chi connectivity index (χ0v) is 12.5. The van der Waals surface area contributed by atoms with E-state index in [9.17, 15) is 4.57 Å². The molecule has 4 heteroatoms. The van der Waals surface area contributed by atoms with E-state index in [1.54, 1.807) is 0 Å². The third-order valence-corrected chi connectivity index (χ3v) is 34.8. The third kappa shape index (κ3) is 2.12. The lowest BCUT2D eigenvalue weighted by Gasteiger charge is -2.38. The molecule has 0 bridgehead atoms. The summed E-state index contributed by atoms with van der Waals surface area (Å²) in [4.78, 5) is 0. The Bertz CT molecular complexity index is 182. The maximum Gasteiger partial charge on any atom is 0.113 e. The van der Waals surface area contributed by atoms with Crippen LogP contribution >= 0.6 is 6.24 Å². The molecule has 0 atom stereocenters. The molecule has 0 saturated carbocycles. The van der Waals surface area contributed by atoms with E-state index in [0.717, 1.165) is 6.16 Å². The molecule has 0 aromatic carbocycles. The number of rotatable bonds is 3. The van der Waals surface area contributed by atoms with E-state index < -0.39 is 21.7 Å². The predicted octanol–water partition coefficient (Wildman–Crippen LogP) is 4.04. The third-order valence-electron chi connectivity index (χ3n) is 2.61. The highest BCUT2D eigenvalue weighted by Gasteiger charge is 2.46. The highest BCUT2D eigenvalue weighted by Crippen LogP contribution is 2.62. The van der Waals surface area contributed by atoms with Crippen LogP contribution in [0.3, 0.4) is 0 Å². The van der Waals surface area contributed by atoms with Crippen LogP contribution in [0.15, 0.2) is 0 Å². The van der Waals surface area contributed by atoms with Crippen molar-refractivity contribution in [3.63, 3.8) is 0 Å². The first-order valence-electron chi connectivity index (χ1n) is 4.65. The van der Waals surface area contributed by atoms with Crippen LogP contribution in [-0.2, 0) is 4.57 Å². The first kappa shape index (κ1) is 12.7. The van der Waals surface area contributed by atoms with Crippen LogP contribution in [0.5, 0.6) is 0 Å². The van der Waals surface area contributed by atoms with Gasteiger partial charge < -0.3 is 4.57 Å². The van der Waals surface area contributed by atoms with Crippen LogP contribution in [0.4, 0.5) is 0 Å². The molecule has 0 N–H and O–H groups in total. The van der Waals surface area contributed by atoms with Crippen LogP contribution in [0.1, 0.15) is 6.92 Å². The van der Waals surface area contributed by atoms with Crippen molar-refractivity contribution in [3.05, 3.63) is 0 Å². The lowest BCUT2D eigenvalue weighted by Crippen LogP contribution is -2.36. The summed E-state index contributed by atoms with van der Waals surface area (Å²) in [7, 11) is -2.86. The molecule has 0 amide bonds. The van der Waals surface area contributed by atoms with Gasteiger partial charge in [0, 0.05) is 0 Å². The Hall–Kier alpha value is 0.664. The minimum atomic E-state index is -1.79. The van der Waals surface area contributed by atoms with Gasteiger partial charge in [-0.3, -0.25) is 0 Å². The zero-order valence-electron chi connectivity index (χ0n) is 9.56. The van der Waals surface area contributed by atoms with E-state index in [4.69, 9.17) is 0 Å². The Morgan fingerprint density at radius 2 is 1.17 bits per heavy atom. The van der Waals surface area contributed by atoms with Gasteiger partial charge in [0.25, 0.3) is 0 Å². The second-order valence-corrected chi connectivity index (χ2v) is 29.9. The highest BCUT2D eigenvalue weighted by atomic mass is 31.6. The molecule has 0 fully saturated rings. The summed E-state index contributed by atoms with van der Waals surface area (Å²) in [6.07, 6.45) is -0.861. The summed E-state index contributed by atoms with van der Waals surface area (Å²) < 4.78 is 12.7. The van der Waals surface area contributed by atoms with Gasteiger partial charge in [0.2, 0.25) is 0 Å². The van der Waals surface area contributed by atoms with E-state index in [2.05, 4.69) is 46.2 Å². The van der Waals surface area contributed by atoms with E-state index in [1.807, 2.05) is 0 Å². The maximum atomic E-state index is 12.7. The molecule has 0 aliphatic rings. The minimum absolute atomic E-state index is 0.929. The molecule has 0 saturated heterocycles. The number of hydrogen-bond acceptors (Lipinski definition) is 1. The molecule has 0 rings (SSSR count). The lowest BCUT2D eigenvalue weighted by molar-refractivity contribution is 0.590. The Morgan fingerprint density at radius 1 is 0.917 bits per heavy atom. The van der Waals surface area contributed by atoms with Crippen LogP contribution < -0.4 is 0 Å². The fourth-order valence-electron chi connectivity index (χ4n) is 1.95. The van der Waals surface area contributed by atoms with Crippen molar-refractivity contribution in [2.45, 2.75) is 46.2 Å². The zero-order chi connectivity index (χ0) is 10.2. The second-order valence-electron chi connectivity index (χ2n) is 5.40. The van der Waals surface area contributed by atoms with Crippen molar-refractivity contribution in [3.8, 4) is 0 Å². The Kier molecular flexibility index (Phi) is 3.62. The van der Waals surface area contributed by atoms with Gasteiger partial charge in [-0.05, 0) is 6.16 Å². The lowest BCUT2D eigenvalue weighted by atomic mass is 11.0. The molecule has 0 unspecified atom stereocenters. The molecular formula is C8H23OPSi2. The number of hydrogen-bond donors (Lipinski definition) is 0. The quantitative estimate of drug-likeness (QED) is 0.520. The van der Waals surface area contributed by atoms with Gasteiger partial charge in [-0.15, -0.1) is 0 Å². The first-order valence-corrected chi connectivity index (χ1v) is 15.2. The minimum Gasteiger partial charge on any atom is -0.334 e. The van der Waals surface area contributed by atoms with Crippen molar-refractivity contribution < 1.29 is 4.57 Å². The van der Waals surface area contributed by atoms with Crippen molar-refractivity contribution in [2.75, 3.05) is 6.16 Å². The molecule has 12 heavy (non-hydrogen) atoms. The van der Waals surface area contributed by atoms with Crippen molar-refractivity contribution in [1.29, 1.82) is 0 Å².